The smallest absolute Gasteiger partial charge is 0.332 e. The summed E-state index contributed by atoms with van der Waals surface area (Å²) in [5, 5.41) is 3.72. The molecule has 0 spiro atoms. The van der Waals surface area contributed by atoms with Gasteiger partial charge in [0.25, 0.3) is 0 Å². The van der Waals surface area contributed by atoms with Crippen molar-refractivity contribution in [3.05, 3.63) is 34.0 Å². The molecule has 84 valence electrons. The Balaban J connectivity index is 1.99. The number of nitrogens with zero attached hydrogens (tertiary/aromatic N) is 1. The molecule has 5 heteroatoms. The standard InChI is InChI=1S/C11H13N3OS/c12-11(15)14-13-7-9-5-6-10(16-9)8-3-1-2-4-8/h1,3,5-8H,2,4H2,(H3,12,14,15)/b13-7+. The molecule has 0 bridgehead atoms. The molecule has 0 radical (unpaired) electrons. The maximum Gasteiger partial charge on any atom is 0.332 e. The monoisotopic (exact) mass is 235 g/mol. The molecule has 1 aromatic heterocycles. The second kappa shape index (κ2) is 4.94. The van der Waals surface area contributed by atoms with Crippen LogP contribution in [-0.4, -0.2) is 12.2 Å². The van der Waals surface area contributed by atoms with Gasteiger partial charge in [0.2, 0.25) is 0 Å². The summed E-state index contributed by atoms with van der Waals surface area (Å²) in [6.07, 6.45) is 8.42. The number of hydrogen-bond donors (Lipinski definition) is 2. The fourth-order valence-corrected chi connectivity index (χ4v) is 2.66. The molecule has 0 saturated carbocycles. The zero-order valence-corrected chi connectivity index (χ0v) is 9.54. The summed E-state index contributed by atoms with van der Waals surface area (Å²) in [4.78, 5) is 12.8. The molecule has 16 heavy (non-hydrogen) atoms. The van der Waals surface area contributed by atoms with E-state index in [0.717, 1.165) is 11.3 Å². The quantitative estimate of drug-likeness (QED) is 0.470. The van der Waals surface area contributed by atoms with Crippen molar-refractivity contribution in [3.8, 4) is 0 Å². The van der Waals surface area contributed by atoms with Crippen LogP contribution in [0.2, 0.25) is 0 Å². The minimum absolute atomic E-state index is 0.552. The molecular formula is C11H13N3OS. The van der Waals surface area contributed by atoms with E-state index in [1.165, 1.54) is 11.3 Å². The van der Waals surface area contributed by atoms with Crippen molar-refractivity contribution >= 4 is 23.6 Å². The number of nitrogens with two attached hydrogens (primary N) is 1. The molecule has 0 aliphatic heterocycles. The van der Waals surface area contributed by atoms with Gasteiger partial charge in [0.15, 0.2) is 0 Å². The van der Waals surface area contributed by atoms with Gasteiger partial charge in [-0.3, -0.25) is 0 Å². The summed E-state index contributed by atoms with van der Waals surface area (Å²) in [5.74, 6) is 0.552. The maximum atomic E-state index is 10.4. The lowest BCUT2D eigenvalue weighted by atomic mass is 10.1. The number of allylic oxidation sites excluding steroid dienone is 2. The number of thiophene rings is 1. The van der Waals surface area contributed by atoms with Crippen LogP contribution in [0, 0.1) is 0 Å². The fraction of sp³-hybridized carbons (Fsp3) is 0.273. The third kappa shape index (κ3) is 2.70. The maximum absolute atomic E-state index is 10.4. The Labute approximate surface area is 97.8 Å². The van der Waals surface area contributed by atoms with E-state index in [-0.39, 0.29) is 0 Å². The molecule has 1 heterocycles. The van der Waals surface area contributed by atoms with Crippen molar-refractivity contribution in [1.29, 1.82) is 0 Å². The van der Waals surface area contributed by atoms with Gasteiger partial charge in [-0.05, 0) is 25.0 Å². The third-order valence-electron chi connectivity index (χ3n) is 2.39. The van der Waals surface area contributed by atoms with Crippen molar-refractivity contribution in [2.75, 3.05) is 0 Å². The Morgan fingerprint density at radius 2 is 2.50 bits per heavy atom. The molecular weight excluding hydrogens is 222 g/mol. The Kier molecular flexibility index (Phi) is 3.36. The van der Waals surface area contributed by atoms with Gasteiger partial charge in [-0.15, -0.1) is 11.3 Å². The molecule has 1 aliphatic carbocycles. The van der Waals surface area contributed by atoms with E-state index >= 15 is 0 Å². The predicted octanol–water partition coefficient (Wildman–Crippen LogP) is 2.18. The molecule has 0 aromatic carbocycles. The molecule has 3 N–H and O–H groups in total. The second-order valence-corrected chi connectivity index (χ2v) is 4.73. The summed E-state index contributed by atoms with van der Waals surface area (Å²) in [5.41, 5.74) is 7.07. The summed E-state index contributed by atoms with van der Waals surface area (Å²) in [6.45, 7) is 0. The number of nitrogens with one attached hydrogen (secondary N) is 1. The molecule has 2 amide bonds. The molecule has 4 nitrogen and oxygen atoms in total. The van der Waals surface area contributed by atoms with Crippen molar-refractivity contribution in [2.45, 2.75) is 18.8 Å². The summed E-state index contributed by atoms with van der Waals surface area (Å²) < 4.78 is 0. The first-order valence-corrected chi connectivity index (χ1v) is 5.92. The number of primary amides is 1. The highest BCUT2D eigenvalue weighted by Crippen LogP contribution is 2.32. The van der Waals surface area contributed by atoms with Gasteiger partial charge >= 0.3 is 6.03 Å². The number of amides is 2. The van der Waals surface area contributed by atoms with E-state index in [1.807, 2.05) is 6.07 Å². The Morgan fingerprint density at radius 3 is 3.19 bits per heavy atom. The number of carbonyl (C=O) groups is 1. The average Bonchev–Trinajstić information content (AvgIpc) is 2.85. The summed E-state index contributed by atoms with van der Waals surface area (Å²) in [6, 6.07) is 3.46. The fourth-order valence-electron chi connectivity index (χ4n) is 1.67. The van der Waals surface area contributed by atoms with Crippen LogP contribution in [0.3, 0.4) is 0 Å². The van der Waals surface area contributed by atoms with Crippen molar-refractivity contribution in [2.24, 2.45) is 10.8 Å². The van der Waals surface area contributed by atoms with Crippen LogP contribution in [0.4, 0.5) is 4.79 Å². The first-order chi connectivity index (χ1) is 7.75. The minimum Gasteiger partial charge on any atom is -0.350 e. The van der Waals surface area contributed by atoms with Crippen molar-refractivity contribution in [3.63, 3.8) is 0 Å². The summed E-state index contributed by atoms with van der Waals surface area (Å²) in [7, 11) is 0. The first kappa shape index (κ1) is 10.9. The van der Waals surface area contributed by atoms with Crippen LogP contribution >= 0.6 is 11.3 Å². The van der Waals surface area contributed by atoms with E-state index in [0.29, 0.717) is 5.92 Å². The van der Waals surface area contributed by atoms with Crippen molar-refractivity contribution < 1.29 is 4.79 Å². The van der Waals surface area contributed by atoms with Gasteiger partial charge in [-0.2, -0.15) is 5.10 Å². The molecule has 1 aromatic rings. The molecule has 2 rings (SSSR count). The van der Waals surface area contributed by atoms with Gasteiger partial charge in [-0.1, -0.05) is 12.2 Å². The van der Waals surface area contributed by atoms with E-state index < -0.39 is 6.03 Å². The second-order valence-electron chi connectivity index (χ2n) is 3.59. The molecule has 1 unspecified atom stereocenters. The topological polar surface area (TPSA) is 67.5 Å². The zero-order chi connectivity index (χ0) is 11.4. The number of rotatable bonds is 3. The van der Waals surface area contributed by atoms with Gasteiger partial charge in [0.05, 0.1) is 6.21 Å². The number of hydrogen-bond acceptors (Lipinski definition) is 3. The van der Waals surface area contributed by atoms with Crippen LogP contribution in [0.1, 0.15) is 28.5 Å². The number of hydrazone groups is 1. The van der Waals surface area contributed by atoms with Crippen LogP contribution in [0.15, 0.2) is 29.4 Å². The van der Waals surface area contributed by atoms with E-state index in [1.54, 1.807) is 17.6 Å². The lowest BCUT2D eigenvalue weighted by molar-refractivity contribution is 0.249. The van der Waals surface area contributed by atoms with Crippen LogP contribution in [0.25, 0.3) is 0 Å². The molecule has 0 saturated heterocycles. The van der Waals surface area contributed by atoms with Crippen LogP contribution in [-0.2, 0) is 0 Å². The average molecular weight is 235 g/mol. The number of urea groups is 1. The zero-order valence-electron chi connectivity index (χ0n) is 8.72. The van der Waals surface area contributed by atoms with Gasteiger partial charge in [-0.25, -0.2) is 10.2 Å². The highest BCUT2D eigenvalue weighted by atomic mass is 32.1. The van der Waals surface area contributed by atoms with Crippen molar-refractivity contribution in [1.82, 2.24) is 5.43 Å². The van der Waals surface area contributed by atoms with Crippen LogP contribution < -0.4 is 11.2 Å². The number of carbonyl (C=O) groups excluding carboxylic acids is 1. The highest BCUT2D eigenvalue weighted by molar-refractivity contribution is 7.13. The normalized spacial score (nSPS) is 19.4. The lowest BCUT2D eigenvalue weighted by Gasteiger charge is -2.01. The third-order valence-corrected chi connectivity index (χ3v) is 3.54. The van der Waals surface area contributed by atoms with E-state index in [9.17, 15) is 4.79 Å². The SMILES string of the molecule is NC(=O)N/N=C/c1ccc(C2C=CCC2)s1. The lowest BCUT2D eigenvalue weighted by Crippen LogP contribution is -2.24. The molecule has 1 atom stereocenters. The van der Waals surface area contributed by atoms with Crippen LogP contribution in [0.5, 0.6) is 0 Å². The van der Waals surface area contributed by atoms with Gasteiger partial charge < -0.3 is 5.73 Å². The Hall–Kier alpha value is -1.62. The Morgan fingerprint density at radius 1 is 1.62 bits per heavy atom. The largest absolute Gasteiger partial charge is 0.350 e. The molecule has 1 aliphatic rings. The summed E-state index contributed by atoms with van der Waals surface area (Å²) >= 11 is 1.69. The molecule has 0 fully saturated rings. The van der Waals surface area contributed by atoms with Gasteiger partial charge in [0, 0.05) is 15.7 Å². The van der Waals surface area contributed by atoms with Gasteiger partial charge in [0.1, 0.15) is 0 Å². The Bertz CT molecular complexity index is 436. The first-order valence-electron chi connectivity index (χ1n) is 5.10. The predicted molar refractivity (Wildman–Crippen MR) is 65.7 cm³/mol. The van der Waals surface area contributed by atoms with E-state index in [2.05, 4.69) is 28.7 Å². The van der Waals surface area contributed by atoms with E-state index in [4.69, 9.17) is 5.73 Å². The highest BCUT2D eigenvalue weighted by Gasteiger charge is 2.13. The minimum atomic E-state index is -0.647.